The first-order chi connectivity index (χ1) is 29.5. The first kappa shape index (κ1) is 42.8. The lowest BCUT2D eigenvalue weighted by molar-refractivity contribution is -0.206. The SMILES string of the molecule is C=C1/C(=C\C=C2/CCCC3(C)C2CCC3C(C)/C=C/C(OC(=O)CCC(=O)OC2C(O)(C(C)C)CC3OC34C3(C)CCC5=C(COC5=O)C3CC3OC324)C2CC2)C[C@@H](O)CC1O. The fourth-order valence-corrected chi connectivity index (χ4v) is 14.7. The second-order valence-electron chi connectivity index (χ2n) is 21.9. The first-order valence-electron chi connectivity index (χ1n) is 24.0. The van der Waals surface area contributed by atoms with Crippen molar-refractivity contribution in [2.24, 2.45) is 46.3 Å². The fraction of sp³-hybridized carbons (Fsp3) is 0.745. The van der Waals surface area contributed by atoms with Gasteiger partial charge in [-0.2, -0.15) is 0 Å². The van der Waals surface area contributed by atoms with Gasteiger partial charge in [0.15, 0.2) is 11.7 Å². The third-order valence-corrected chi connectivity index (χ3v) is 18.5. The molecule has 0 amide bonds. The quantitative estimate of drug-likeness (QED) is 0.0843. The number of epoxide rings is 2. The maximum absolute atomic E-state index is 13.8. The molecule has 6 saturated carbocycles. The number of hydrogen-bond donors (Lipinski definition) is 3. The van der Waals surface area contributed by atoms with E-state index in [4.69, 9.17) is 23.7 Å². The number of rotatable bonds is 11. The van der Waals surface area contributed by atoms with Crippen LogP contribution in [-0.4, -0.2) is 93.3 Å². The molecular weight excluding hydrogens is 789 g/mol. The predicted octanol–water partition coefficient (Wildman–Crippen LogP) is 7.07. The molecule has 10 rings (SSSR count). The number of carbonyl (C=O) groups is 3. The smallest absolute Gasteiger partial charge is 0.334 e. The van der Waals surface area contributed by atoms with Crippen LogP contribution in [0.25, 0.3) is 0 Å². The number of ether oxygens (including phenoxy) is 5. The molecule has 8 fully saturated rings. The molecule has 2 saturated heterocycles. The van der Waals surface area contributed by atoms with E-state index in [1.165, 1.54) is 12.0 Å². The average molecular weight is 857 g/mol. The molecule has 62 heavy (non-hydrogen) atoms. The third-order valence-electron chi connectivity index (χ3n) is 18.5. The number of allylic oxidation sites excluding steroid dienone is 4. The normalized spacial score (nSPS) is 46.3. The summed E-state index contributed by atoms with van der Waals surface area (Å²) in [6.07, 6.45) is 16.1. The minimum Gasteiger partial charge on any atom is -0.458 e. The summed E-state index contributed by atoms with van der Waals surface area (Å²) in [4.78, 5) is 39.8. The molecule has 0 aromatic rings. The second kappa shape index (κ2) is 15.0. The molecule has 0 aromatic heterocycles. The van der Waals surface area contributed by atoms with Gasteiger partial charge in [0.1, 0.15) is 23.9 Å². The molecule has 11 nitrogen and oxygen atoms in total. The van der Waals surface area contributed by atoms with Crippen molar-refractivity contribution >= 4 is 17.9 Å². The van der Waals surface area contributed by atoms with E-state index in [0.717, 1.165) is 67.2 Å². The second-order valence-corrected chi connectivity index (χ2v) is 21.9. The summed E-state index contributed by atoms with van der Waals surface area (Å²) in [5, 5.41) is 33.0. The minimum atomic E-state index is -1.38. The maximum Gasteiger partial charge on any atom is 0.334 e. The average Bonchev–Trinajstić information content (AvgIpc) is 4.18. The van der Waals surface area contributed by atoms with Gasteiger partial charge in [0.25, 0.3) is 0 Å². The van der Waals surface area contributed by atoms with E-state index in [1.54, 1.807) is 0 Å². The number of hydrogen-bond acceptors (Lipinski definition) is 11. The van der Waals surface area contributed by atoms with Crippen LogP contribution in [0.2, 0.25) is 0 Å². The highest BCUT2D eigenvalue weighted by Gasteiger charge is 2.95. The van der Waals surface area contributed by atoms with Crippen molar-refractivity contribution in [3.63, 3.8) is 0 Å². The van der Waals surface area contributed by atoms with Crippen molar-refractivity contribution in [3.05, 3.63) is 58.7 Å². The molecule has 3 heterocycles. The Morgan fingerprint density at radius 3 is 2.47 bits per heavy atom. The van der Waals surface area contributed by atoms with Crippen LogP contribution in [0.4, 0.5) is 0 Å². The standard InChI is InChI=1S/C51H68O11/c1-27(2)49(57)25-42-51(62-42)48(6)21-19-34-35(26-58-45(34)56)38(48)24-41-50(51,61-41)46(49)60-44(55)18-17-43(54)59-40(31-11-12-31)16-9-28(3)36-14-15-37-30(8-7-20-47(36,37)5)10-13-32-22-33(52)23-39(53)29(32)4/h9-10,13,16,27-28,31,33,36-42,46,52-53,57H,4,7-8,11-12,14-15,17-26H2,1-3,5-6H3/b16-9+,30-10+,32-13-/t28?,33-,36?,37?,38?,39?,40?,41?,42?,46?,47?,48?,49?,50?,51?/m1/s1. The lowest BCUT2D eigenvalue weighted by Crippen LogP contribution is -2.72. The Labute approximate surface area is 366 Å². The van der Waals surface area contributed by atoms with E-state index in [2.05, 4.69) is 51.7 Å². The van der Waals surface area contributed by atoms with Crippen molar-refractivity contribution in [2.45, 2.75) is 184 Å². The molecule has 0 aromatic carbocycles. The fourth-order valence-electron chi connectivity index (χ4n) is 14.7. The van der Waals surface area contributed by atoms with Crippen molar-refractivity contribution in [3.8, 4) is 0 Å². The third kappa shape index (κ3) is 6.39. The van der Waals surface area contributed by atoms with E-state index >= 15 is 0 Å². The highest BCUT2D eigenvalue weighted by atomic mass is 16.7. The molecular formula is C51H68O11. The number of aliphatic hydroxyl groups excluding tert-OH is 2. The van der Waals surface area contributed by atoms with Crippen molar-refractivity contribution in [1.29, 1.82) is 0 Å². The summed E-state index contributed by atoms with van der Waals surface area (Å²) < 4.78 is 31.3. The van der Waals surface area contributed by atoms with Gasteiger partial charge in [0.2, 0.25) is 0 Å². The van der Waals surface area contributed by atoms with Crippen molar-refractivity contribution in [2.75, 3.05) is 6.61 Å². The Morgan fingerprint density at radius 2 is 1.71 bits per heavy atom. The zero-order chi connectivity index (χ0) is 43.7. The molecule has 338 valence electrons. The zero-order valence-electron chi connectivity index (χ0n) is 37.4. The minimum absolute atomic E-state index is 0.0429. The number of esters is 3. The summed E-state index contributed by atoms with van der Waals surface area (Å²) in [5.41, 5.74) is 1.59. The lowest BCUT2D eigenvalue weighted by Gasteiger charge is -2.56. The molecule has 3 aliphatic heterocycles. The van der Waals surface area contributed by atoms with Crippen molar-refractivity contribution < 1.29 is 53.4 Å². The van der Waals surface area contributed by atoms with Gasteiger partial charge in [-0.3, -0.25) is 9.59 Å². The van der Waals surface area contributed by atoms with Crippen LogP contribution in [0.15, 0.2) is 58.7 Å². The highest BCUT2D eigenvalue weighted by molar-refractivity contribution is 5.92. The van der Waals surface area contributed by atoms with Crippen LogP contribution in [0.5, 0.6) is 0 Å². The van der Waals surface area contributed by atoms with E-state index < -0.39 is 47.1 Å². The Morgan fingerprint density at radius 1 is 0.935 bits per heavy atom. The number of fused-ring (bicyclic) bond motifs is 3. The molecule has 3 N–H and O–H groups in total. The van der Waals surface area contributed by atoms with Crippen LogP contribution in [0.3, 0.4) is 0 Å². The van der Waals surface area contributed by atoms with Gasteiger partial charge < -0.3 is 39.0 Å². The zero-order valence-corrected chi connectivity index (χ0v) is 37.4. The highest BCUT2D eigenvalue weighted by Crippen LogP contribution is 2.80. The van der Waals surface area contributed by atoms with Crippen LogP contribution in [0.1, 0.15) is 131 Å². The van der Waals surface area contributed by atoms with E-state index in [-0.39, 0.29) is 65.7 Å². The Kier molecular flexibility index (Phi) is 10.3. The van der Waals surface area contributed by atoms with E-state index in [0.29, 0.717) is 56.5 Å². The Bertz CT molecular complexity index is 2040. The van der Waals surface area contributed by atoms with Crippen LogP contribution >= 0.6 is 0 Å². The monoisotopic (exact) mass is 856 g/mol. The van der Waals surface area contributed by atoms with Gasteiger partial charge in [0.05, 0.1) is 37.3 Å². The van der Waals surface area contributed by atoms with Gasteiger partial charge in [-0.1, -0.05) is 65.0 Å². The van der Waals surface area contributed by atoms with Crippen LogP contribution in [0, 0.1) is 46.3 Å². The molecule has 15 atom stereocenters. The topological polar surface area (TPSA) is 165 Å². The van der Waals surface area contributed by atoms with Crippen LogP contribution < -0.4 is 0 Å². The summed E-state index contributed by atoms with van der Waals surface area (Å²) >= 11 is 0. The Hall–Kier alpha value is -3.09. The number of carbonyl (C=O) groups excluding carboxylic acids is 3. The van der Waals surface area contributed by atoms with Gasteiger partial charge in [-0.25, -0.2) is 4.79 Å². The van der Waals surface area contributed by atoms with Gasteiger partial charge >= 0.3 is 17.9 Å². The number of cyclic esters (lactones) is 1. The summed E-state index contributed by atoms with van der Waals surface area (Å²) in [5.74, 6) is 0.105. The Balaban J connectivity index is 0.778. The first-order valence-corrected chi connectivity index (χ1v) is 24.0. The predicted molar refractivity (Wildman–Crippen MR) is 228 cm³/mol. The summed E-state index contributed by atoms with van der Waals surface area (Å²) in [6, 6.07) is 0. The number of aliphatic hydroxyl groups is 3. The van der Waals surface area contributed by atoms with E-state index in [1.807, 2.05) is 13.8 Å². The molecule has 0 radical (unpaired) electrons. The molecule has 0 bridgehead atoms. The van der Waals surface area contributed by atoms with Crippen LogP contribution in [-0.2, 0) is 38.1 Å². The maximum atomic E-state index is 13.8. The summed E-state index contributed by atoms with van der Waals surface area (Å²) in [7, 11) is 0. The molecule has 14 unspecified atom stereocenters. The van der Waals surface area contributed by atoms with Gasteiger partial charge in [-0.05, 0) is 134 Å². The molecule has 10 aliphatic rings. The lowest BCUT2D eigenvalue weighted by atomic mass is 9.46. The molecule has 7 aliphatic carbocycles. The van der Waals surface area contributed by atoms with Gasteiger partial charge in [-0.15, -0.1) is 0 Å². The largest absolute Gasteiger partial charge is 0.458 e. The van der Waals surface area contributed by atoms with Gasteiger partial charge in [0, 0.05) is 23.8 Å². The van der Waals surface area contributed by atoms with Crippen molar-refractivity contribution in [1.82, 2.24) is 0 Å². The molecule has 11 heteroatoms. The molecule has 2 spiro atoms. The summed E-state index contributed by atoms with van der Waals surface area (Å²) in [6.45, 7) is 15.2. The van der Waals surface area contributed by atoms with E-state index in [9.17, 15) is 29.7 Å².